The van der Waals surface area contributed by atoms with Crippen LogP contribution < -0.4 is 20.0 Å². The van der Waals surface area contributed by atoms with Crippen molar-refractivity contribution in [3.63, 3.8) is 0 Å². The number of nitrogens with zero attached hydrogens (tertiary/aromatic N) is 3. The minimum absolute atomic E-state index is 0.0347. The maximum Gasteiger partial charge on any atom is 0.263 e. The third-order valence-electron chi connectivity index (χ3n) is 6.40. The van der Waals surface area contributed by atoms with Gasteiger partial charge >= 0.3 is 0 Å². The Kier molecular flexibility index (Phi) is 5.56. The first-order valence-electron chi connectivity index (χ1n) is 11.1. The first-order chi connectivity index (χ1) is 16.9. The van der Waals surface area contributed by atoms with Crippen molar-refractivity contribution in [3.05, 3.63) is 88.2 Å². The van der Waals surface area contributed by atoms with Crippen molar-refractivity contribution in [3.8, 4) is 23.0 Å². The lowest BCUT2D eigenvalue weighted by Crippen LogP contribution is -2.24. The van der Waals surface area contributed by atoms with Crippen LogP contribution in [-0.2, 0) is 7.05 Å². The first kappa shape index (κ1) is 22.3. The molecule has 1 aromatic heterocycles. The maximum atomic E-state index is 13.3. The number of hydrogen-bond donors (Lipinski definition) is 2. The first-order valence-corrected chi connectivity index (χ1v) is 11.1. The topological polar surface area (TPSA) is 96.5 Å². The molecule has 2 N–H and O–H groups in total. The van der Waals surface area contributed by atoms with Gasteiger partial charge in [0.15, 0.2) is 11.5 Å². The number of anilines is 1. The summed E-state index contributed by atoms with van der Waals surface area (Å²) >= 11 is 0. The Hall–Kier alpha value is -4.46. The van der Waals surface area contributed by atoms with Crippen LogP contribution in [-0.4, -0.2) is 34.7 Å². The SMILES string of the molecule is COc1ccc(N2N=C(c3c(O)c4ccccc4n(C)c3=O)CC2c2ccc(O)c(OC)c2)cc1. The summed E-state index contributed by atoms with van der Waals surface area (Å²) in [5.41, 5.74) is 2.60. The van der Waals surface area contributed by atoms with E-state index >= 15 is 0 Å². The smallest absolute Gasteiger partial charge is 0.263 e. The van der Waals surface area contributed by atoms with E-state index in [-0.39, 0.29) is 28.7 Å². The van der Waals surface area contributed by atoms with Crippen molar-refractivity contribution in [2.45, 2.75) is 12.5 Å². The fourth-order valence-corrected chi connectivity index (χ4v) is 4.53. The molecule has 0 radical (unpaired) electrons. The number of hydrogen-bond acceptors (Lipinski definition) is 7. The van der Waals surface area contributed by atoms with E-state index in [1.54, 1.807) is 44.5 Å². The highest BCUT2D eigenvalue weighted by molar-refractivity contribution is 6.08. The molecule has 0 bridgehead atoms. The van der Waals surface area contributed by atoms with Crippen LogP contribution >= 0.6 is 0 Å². The molecule has 0 amide bonds. The molecular formula is C27H25N3O5. The standard InChI is InChI=1S/C27H25N3O5/c1-29-21-7-5-4-6-19(21)26(32)25(27(29)33)20-15-22(16-8-13-23(31)24(14-16)35-3)30(28-20)17-9-11-18(34-2)12-10-17/h4-14,22,31-32H,15H2,1-3H3. The van der Waals surface area contributed by atoms with Gasteiger partial charge in [-0.3, -0.25) is 9.80 Å². The van der Waals surface area contributed by atoms with Crippen molar-refractivity contribution >= 4 is 22.3 Å². The Morgan fingerprint density at radius 2 is 1.71 bits per heavy atom. The van der Waals surface area contributed by atoms with Gasteiger partial charge in [0, 0.05) is 18.9 Å². The van der Waals surface area contributed by atoms with Gasteiger partial charge in [0.05, 0.1) is 37.2 Å². The van der Waals surface area contributed by atoms with E-state index in [9.17, 15) is 15.0 Å². The number of para-hydroxylation sites is 1. The molecule has 1 atom stereocenters. The molecule has 3 aromatic carbocycles. The molecule has 1 aliphatic heterocycles. The molecule has 35 heavy (non-hydrogen) atoms. The van der Waals surface area contributed by atoms with Crippen molar-refractivity contribution in [1.29, 1.82) is 0 Å². The lowest BCUT2D eigenvalue weighted by Gasteiger charge is -2.24. The maximum absolute atomic E-state index is 13.3. The van der Waals surface area contributed by atoms with Crippen molar-refractivity contribution in [1.82, 2.24) is 4.57 Å². The van der Waals surface area contributed by atoms with Crippen LogP contribution in [0.1, 0.15) is 23.6 Å². The molecule has 8 nitrogen and oxygen atoms in total. The number of hydrazone groups is 1. The summed E-state index contributed by atoms with van der Waals surface area (Å²) in [6, 6.07) is 19.5. The second kappa shape index (κ2) is 8.72. The normalized spacial score (nSPS) is 15.3. The molecule has 178 valence electrons. The summed E-state index contributed by atoms with van der Waals surface area (Å²) in [5, 5.41) is 28.4. The molecule has 8 heteroatoms. The average Bonchev–Trinajstić information content (AvgIpc) is 3.32. The molecule has 1 unspecified atom stereocenters. The number of benzene rings is 3. The molecular weight excluding hydrogens is 446 g/mol. The second-order valence-electron chi connectivity index (χ2n) is 8.35. The number of ether oxygens (including phenoxy) is 2. The second-order valence-corrected chi connectivity index (χ2v) is 8.35. The van der Waals surface area contributed by atoms with E-state index in [4.69, 9.17) is 14.6 Å². The minimum atomic E-state index is -0.321. The molecule has 0 fully saturated rings. The minimum Gasteiger partial charge on any atom is -0.506 e. The number of aromatic nitrogens is 1. The van der Waals surface area contributed by atoms with Crippen LogP contribution in [0.25, 0.3) is 10.9 Å². The quantitative estimate of drug-likeness (QED) is 0.450. The molecule has 2 heterocycles. The van der Waals surface area contributed by atoms with Crippen molar-refractivity contribution in [2.75, 3.05) is 19.2 Å². The van der Waals surface area contributed by atoms with E-state index in [0.29, 0.717) is 34.5 Å². The van der Waals surface area contributed by atoms with E-state index < -0.39 is 0 Å². The predicted octanol–water partition coefficient (Wildman–Crippen LogP) is 4.32. The molecule has 0 saturated carbocycles. The largest absolute Gasteiger partial charge is 0.506 e. The van der Waals surface area contributed by atoms with Gasteiger partial charge in [0.1, 0.15) is 17.1 Å². The van der Waals surface area contributed by atoms with Gasteiger partial charge < -0.3 is 24.3 Å². The van der Waals surface area contributed by atoms with Gasteiger partial charge in [-0.25, -0.2) is 0 Å². The monoisotopic (exact) mass is 471 g/mol. The van der Waals surface area contributed by atoms with Crippen LogP contribution in [0.4, 0.5) is 5.69 Å². The van der Waals surface area contributed by atoms with E-state index in [0.717, 1.165) is 11.3 Å². The Morgan fingerprint density at radius 3 is 2.43 bits per heavy atom. The highest BCUT2D eigenvalue weighted by Gasteiger charge is 2.33. The van der Waals surface area contributed by atoms with Gasteiger partial charge in [-0.15, -0.1) is 0 Å². The summed E-state index contributed by atoms with van der Waals surface area (Å²) in [6.07, 6.45) is 0.362. The Bertz CT molecular complexity index is 1510. The Labute approximate surface area is 201 Å². The number of methoxy groups -OCH3 is 2. The summed E-state index contributed by atoms with van der Waals surface area (Å²) in [7, 11) is 4.78. The van der Waals surface area contributed by atoms with Gasteiger partial charge in [0.2, 0.25) is 0 Å². The predicted molar refractivity (Wildman–Crippen MR) is 135 cm³/mol. The zero-order valence-electron chi connectivity index (χ0n) is 19.6. The molecule has 0 saturated heterocycles. The highest BCUT2D eigenvalue weighted by Crippen LogP contribution is 2.41. The lowest BCUT2D eigenvalue weighted by atomic mass is 9.97. The molecule has 0 spiro atoms. The number of fused-ring (bicyclic) bond motifs is 1. The Balaban J connectivity index is 1.67. The molecule has 5 rings (SSSR count). The number of aromatic hydroxyl groups is 2. The van der Waals surface area contributed by atoms with Gasteiger partial charge in [-0.2, -0.15) is 5.10 Å². The number of phenolic OH excluding ortho intramolecular Hbond substituents is 1. The van der Waals surface area contributed by atoms with Gasteiger partial charge in [-0.05, 0) is 54.1 Å². The Morgan fingerprint density at radius 1 is 0.971 bits per heavy atom. The van der Waals surface area contributed by atoms with Gasteiger partial charge in [-0.1, -0.05) is 18.2 Å². The number of rotatable bonds is 5. The van der Waals surface area contributed by atoms with Crippen LogP contribution in [0.15, 0.2) is 76.6 Å². The van der Waals surface area contributed by atoms with Crippen LogP contribution in [0.2, 0.25) is 0 Å². The van der Waals surface area contributed by atoms with Crippen LogP contribution in [0.3, 0.4) is 0 Å². The third kappa shape index (κ3) is 3.73. The number of aryl methyl sites for hydroxylation is 1. The summed E-state index contributed by atoms with van der Waals surface area (Å²) in [6.45, 7) is 0. The zero-order valence-corrected chi connectivity index (χ0v) is 19.6. The molecule has 1 aliphatic rings. The highest BCUT2D eigenvalue weighted by atomic mass is 16.5. The molecule has 0 aliphatic carbocycles. The van der Waals surface area contributed by atoms with Crippen molar-refractivity contribution < 1.29 is 19.7 Å². The third-order valence-corrected chi connectivity index (χ3v) is 6.40. The van der Waals surface area contributed by atoms with E-state index in [1.807, 2.05) is 41.4 Å². The van der Waals surface area contributed by atoms with Gasteiger partial charge in [0.25, 0.3) is 5.56 Å². The van der Waals surface area contributed by atoms with Crippen LogP contribution in [0.5, 0.6) is 23.0 Å². The summed E-state index contributed by atoms with van der Waals surface area (Å²) < 4.78 is 12.1. The number of pyridine rings is 1. The fourth-order valence-electron chi connectivity index (χ4n) is 4.53. The summed E-state index contributed by atoms with van der Waals surface area (Å²) in [4.78, 5) is 13.3. The van der Waals surface area contributed by atoms with Crippen molar-refractivity contribution in [2.24, 2.45) is 12.1 Å². The number of phenols is 1. The average molecular weight is 472 g/mol. The zero-order chi connectivity index (χ0) is 24.7. The van der Waals surface area contributed by atoms with Crippen LogP contribution in [0, 0.1) is 0 Å². The summed E-state index contributed by atoms with van der Waals surface area (Å²) in [5.74, 6) is 1.00. The molecule has 4 aromatic rings. The lowest BCUT2D eigenvalue weighted by molar-refractivity contribution is 0.372. The van der Waals surface area contributed by atoms with E-state index in [2.05, 4.69) is 0 Å². The van der Waals surface area contributed by atoms with E-state index in [1.165, 1.54) is 11.7 Å². The fraction of sp³-hybridized carbons (Fsp3) is 0.185.